The maximum Gasteiger partial charge on any atom is 0.0725 e. The van der Waals surface area contributed by atoms with Gasteiger partial charge in [-0.3, -0.25) is 0 Å². The van der Waals surface area contributed by atoms with Gasteiger partial charge in [0, 0.05) is 49.7 Å². The Balaban J connectivity index is 0.00000387. The van der Waals surface area contributed by atoms with Gasteiger partial charge >= 0.3 is 0 Å². The van der Waals surface area contributed by atoms with Crippen LogP contribution in [0.4, 0.5) is 0 Å². The van der Waals surface area contributed by atoms with Crippen LogP contribution in [0, 0.1) is 0 Å². The van der Waals surface area contributed by atoms with Crippen molar-refractivity contribution in [2.75, 3.05) is 0 Å². The summed E-state index contributed by atoms with van der Waals surface area (Å²) in [7, 11) is 0. The molecule has 8 bridgehead atoms. The van der Waals surface area contributed by atoms with E-state index < -0.39 is 0 Å². The fourth-order valence-electron chi connectivity index (χ4n) is 7.12. The molecule has 3 aromatic heterocycles. The second-order valence-electron chi connectivity index (χ2n) is 10.9. The van der Waals surface area contributed by atoms with Gasteiger partial charge in [0.05, 0.1) is 22.8 Å². The second-order valence-corrected chi connectivity index (χ2v) is 10.9. The summed E-state index contributed by atoms with van der Waals surface area (Å²) in [6.07, 6.45) is 12.1. The quantitative estimate of drug-likeness (QED) is 0.200. The summed E-state index contributed by atoms with van der Waals surface area (Å²) in [5.41, 5.74) is 20.4. The van der Waals surface area contributed by atoms with Crippen LogP contribution in [-0.2, 0) is 55.0 Å². The van der Waals surface area contributed by atoms with E-state index in [-0.39, 0.29) is 16.5 Å². The number of fused-ring (bicyclic) bond motifs is 8. The zero-order valence-electron chi connectivity index (χ0n) is 26.2. The third-order valence-electron chi connectivity index (χ3n) is 8.93. The smallest absolute Gasteiger partial charge is 0.0725 e. The number of H-pyrrole nitrogens is 2. The topological polar surface area (TPSA) is 57.4 Å². The third-order valence-corrected chi connectivity index (χ3v) is 8.93. The van der Waals surface area contributed by atoms with E-state index in [2.05, 4.69) is 89.6 Å². The van der Waals surface area contributed by atoms with Gasteiger partial charge in [-0.2, -0.15) is 0 Å². The predicted molar refractivity (Wildman–Crippen MR) is 174 cm³/mol. The number of hydrogen-bond acceptors (Lipinski definition) is 2. The molecule has 4 nitrogen and oxygen atoms in total. The van der Waals surface area contributed by atoms with Crippen molar-refractivity contribution in [3.05, 3.63) is 68.3 Å². The first-order chi connectivity index (χ1) is 19.5. The first kappa shape index (κ1) is 31.0. The monoisotopic (exact) mass is 592 g/mol. The molecule has 0 aromatic carbocycles. The number of aromatic amines is 2. The number of allylic oxidation sites excluding steroid dienone is 2. The summed E-state index contributed by atoms with van der Waals surface area (Å²) in [6.45, 7) is 18.3. The fraction of sp³-hybridized carbons (Fsp3) is 0.444. The standard InChI is InChI=1S/C36H46N4.Ni/c1-9-23-25(11-3)33-29(15-7)35-27(13-5)28(14-6)36(40-35)30(16-8)34-26(12-4)24(10-2)32(39-34)20-22-18-17-21(37-22)19-31(23)38-33;/h17-20,38-39H,9-16H2,1-8H3;. The van der Waals surface area contributed by atoms with E-state index in [0.29, 0.717) is 0 Å². The van der Waals surface area contributed by atoms with Crippen molar-refractivity contribution in [1.82, 2.24) is 19.9 Å². The van der Waals surface area contributed by atoms with Gasteiger partial charge in [0.2, 0.25) is 0 Å². The normalized spacial score (nSPS) is 12.8. The van der Waals surface area contributed by atoms with Crippen molar-refractivity contribution in [2.24, 2.45) is 0 Å². The molecule has 3 aromatic rings. The van der Waals surface area contributed by atoms with E-state index in [0.717, 1.165) is 62.8 Å². The Bertz CT molecular complexity index is 1560. The van der Waals surface area contributed by atoms with Gasteiger partial charge in [0.25, 0.3) is 0 Å². The molecule has 0 radical (unpaired) electrons. The summed E-state index contributed by atoms with van der Waals surface area (Å²) < 4.78 is 0. The Morgan fingerprint density at radius 2 is 0.829 bits per heavy atom. The van der Waals surface area contributed by atoms with Crippen molar-refractivity contribution < 1.29 is 16.5 Å². The third kappa shape index (κ3) is 5.16. The molecule has 5 heteroatoms. The van der Waals surface area contributed by atoms with E-state index in [9.17, 15) is 0 Å². The number of aromatic nitrogens is 4. The zero-order valence-corrected chi connectivity index (χ0v) is 27.2. The number of aryl methyl sites for hydroxylation is 6. The molecule has 2 aliphatic rings. The minimum absolute atomic E-state index is 0. The summed E-state index contributed by atoms with van der Waals surface area (Å²) in [4.78, 5) is 18.4. The van der Waals surface area contributed by atoms with Crippen LogP contribution in [0.15, 0.2) is 12.1 Å². The zero-order chi connectivity index (χ0) is 28.6. The van der Waals surface area contributed by atoms with Gasteiger partial charge in [-0.15, -0.1) is 0 Å². The van der Waals surface area contributed by atoms with Crippen LogP contribution in [0.2, 0.25) is 0 Å². The van der Waals surface area contributed by atoms with Crippen molar-refractivity contribution in [3.63, 3.8) is 0 Å². The molecule has 0 aliphatic carbocycles. The number of nitrogens with one attached hydrogen (secondary N) is 2. The first-order valence-corrected chi connectivity index (χ1v) is 15.7. The molecule has 2 N–H and O–H groups in total. The van der Waals surface area contributed by atoms with Gasteiger partial charge in [0.1, 0.15) is 0 Å². The van der Waals surface area contributed by atoms with E-state index in [1.54, 1.807) is 0 Å². The van der Waals surface area contributed by atoms with E-state index >= 15 is 0 Å². The molecule has 0 saturated heterocycles. The molecule has 220 valence electrons. The molecular formula is C36H46N4Ni. The molecule has 2 aliphatic heterocycles. The molecule has 0 unspecified atom stereocenters. The molecule has 0 amide bonds. The Morgan fingerprint density at radius 3 is 1.15 bits per heavy atom. The van der Waals surface area contributed by atoms with Crippen LogP contribution in [0.5, 0.6) is 0 Å². The summed E-state index contributed by atoms with van der Waals surface area (Å²) in [5, 5.41) is 0. The molecule has 5 rings (SSSR count). The van der Waals surface area contributed by atoms with Crippen molar-refractivity contribution >= 4 is 45.4 Å². The van der Waals surface area contributed by atoms with E-state index in [4.69, 9.17) is 9.97 Å². The Morgan fingerprint density at radius 1 is 0.463 bits per heavy atom. The van der Waals surface area contributed by atoms with Crippen molar-refractivity contribution in [3.8, 4) is 0 Å². The molecule has 0 spiro atoms. The molecule has 5 heterocycles. The molecule has 0 fully saturated rings. The Kier molecular flexibility index (Phi) is 9.80. The maximum atomic E-state index is 5.58. The fourth-order valence-corrected chi connectivity index (χ4v) is 7.12. The van der Waals surface area contributed by atoms with Gasteiger partial charge in [-0.05, 0) is 109 Å². The molecule has 0 saturated carbocycles. The number of rotatable bonds is 8. The summed E-state index contributed by atoms with van der Waals surface area (Å²) in [5.74, 6) is 0. The summed E-state index contributed by atoms with van der Waals surface area (Å²) >= 11 is 0. The van der Waals surface area contributed by atoms with Crippen LogP contribution in [-0.4, -0.2) is 19.9 Å². The van der Waals surface area contributed by atoms with Gasteiger partial charge in [0.15, 0.2) is 0 Å². The maximum absolute atomic E-state index is 5.58. The molecule has 0 atom stereocenters. The van der Waals surface area contributed by atoms with E-state index in [1.165, 1.54) is 78.0 Å². The number of nitrogens with zero attached hydrogens (tertiary/aromatic N) is 2. The average molecular weight is 593 g/mol. The van der Waals surface area contributed by atoms with Crippen LogP contribution in [0.3, 0.4) is 0 Å². The van der Waals surface area contributed by atoms with Gasteiger partial charge < -0.3 is 9.97 Å². The molecular weight excluding hydrogens is 547 g/mol. The Hall–Kier alpha value is -2.91. The van der Waals surface area contributed by atoms with Crippen LogP contribution in [0.1, 0.15) is 124 Å². The van der Waals surface area contributed by atoms with Crippen molar-refractivity contribution in [1.29, 1.82) is 0 Å². The second kappa shape index (κ2) is 12.9. The SMILES string of the molecule is CCC1=C(CC)c2nc1c(CC)c1[nH]c(cc3nc(cc4[nH]c(c2CC)c(CC)c4CC)C=C3)c(CC)c1CC.[Ni]. The van der Waals surface area contributed by atoms with Crippen molar-refractivity contribution in [2.45, 2.75) is 107 Å². The molecule has 41 heavy (non-hydrogen) atoms. The van der Waals surface area contributed by atoms with Gasteiger partial charge in [-0.1, -0.05) is 55.4 Å². The summed E-state index contributed by atoms with van der Waals surface area (Å²) in [6, 6.07) is 4.47. The number of hydrogen-bond donors (Lipinski definition) is 2. The van der Waals surface area contributed by atoms with Gasteiger partial charge in [-0.25, -0.2) is 9.97 Å². The van der Waals surface area contributed by atoms with E-state index in [1.807, 2.05) is 0 Å². The van der Waals surface area contributed by atoms with Crippen LogP contribution < -0.4 is 0 Å². The largest absolute Gasteiger partial charge is 0.355 e. The minimum Gasteiger partial charge on any atom is -0.355 e. The Labute approximate surface area is 256 Å². The van der Waals surface area contributed by atoms with Crippen LogP contribution >= 0.6 is 0 Å². The first-order valence-electron chi connectivity index (χ1n) is 15.7. The van der Waals surface area contributed by atoms with Crippen LogP contribution in [0.25, 0.3) is 45.4 Å². The average Bonchev–Trinajstić information content (AvgIpc) is 3.73. The minimum atomic E-state index is 0. The predicted octanol–water partition coefficient (Wildman–Crippen LogP) is 9.59.